The predicted molar refractivity (Wildman–Crippen MR) is 43.2 cm³/mol. The molecule has 0 amide bonds. The number of pyridine rings is 1. The van der Waals surface area contributed by atoms with Gasteiger partial charge in [0.15, 0.2) is 5.82 Å². The standard InChI is InChI=1S/C6HBrClFN2/c1-10-6-4(9)2-3(7)5(8)11-6/h2H. The Kier molecular flexibility index (Phi) is 2.42. The quantitative estimate of drug-likeness (QED) is 0.499. The molecule has 11 heavy (non-hydrogen) atoms. The third-order valence-corrected chi connectivity index (χ3v) is 2.09. The summed E-state index contributed by atoms with van der Waals surface area (Å²) >= 11 is 8.47. The molecule has 0 aliphatic heterocycles. The first-order chi connectivity index (χ1) is 5.15. The highest BCUT2D eigenvalue weighted by Crippen LogP contribution is 2.25. The fraction of sp³-hybridized carbons (Fsp3) is 0. The Morgan fingerprint density at radius 1 is 1.73 bits per heavy atom. The molecule has 0 spiro atoms. The number of nitrogens with zero attached hydrogens (tertiary/aromatic N) is 2. The maximum absolute atomic E-state index is 12.7. The third-order valence-electron chi connectivity index (χ3n) is 0.974. The molecule has 0 aliphatic rings. The molecule has 0 fully saturated rings. The fourth-order valence-electron chi connectivity index (χ4n) is 0.514. The molecule has 1 aromatic rings. The molecule has 0 aromatic carbocycles. The summed E-state index contributed by atoms with van der Waals surface area (Å²) in [7, 11) is 0. The Morgan fingerprint density at radius 3 is 2.91 bits per heavy atom. The highest BCUT2D eigenvalue weighted by Gasteiger charge is 2.09. The fourth-order valence-corrected chi connectivity index (χ4v) is 0.938. The lowest BCUT2D eigenvalue weighted by Gasteiger charge is -1.93. The Balaban J connectivity index is 3.35. The number of halogens is 3. The van der Waals surface area contributed by atoms with E-state index in [9.17, 15) is 4.39 Å². The molecule has 0 aliphatic carbocycles. The van der Waals surface area contributed by atoms with Gasteiger partial charge in [0.25, 0.3) is 0 Å². The van der Waals surface area contributed by atoms with Crippen LogP contribution in [0.4, 0.5) is 10.2 Å². The van der Waals surface area contributed by atoms with E-state index < -0.39 is 5.82 Å². The van der Waals surface area contributed by atoms with Crippen molar-refractivity contribution in [3.05, 3.63) is 32.9 Å². The summed E-state index contributed by atoms with van der Waals surface area (Å²) in [4.78, 5) is 6.31. The summed E-state index contributed by atoms with van der Waals surface area (Å²) in [6.07, 6.45) is 0. The highest BCUT2D eigenvalue weighted by atomic mass is 79.9. The van der Waals surface area contributed by atoms with Crippen LogP contribution >= 0.6 is 27.5 Å². The van der Waals surface area contributed by atoms with Gasteiger partial charge in [0.05, 0.1) is 4.47 Å². The normalized spacial score (nSPS) is 9.27. The van der Waals surface area contributed by atoms with Gasteiger partial charge in [0, 0.05) is 0 Å². The second kappa shape index (κ2) is 3.16. The molecule has 0 bridgehead atoms. The van der Waals surface area contributed by atoms with E-state index in [1.54, 1.807) is 0 Å². The van der Waals surface area contributed by atoms with E-state index in [0.29, 0.717) is 4.47 Å². The summed E-state index contributed by atoms with van der Waals surface area (Å²) in [6, 6.07) is 1.11. The molecule has 0 saturated carbocycles. The summed E-state index contributed by atoms with van der Waals surface area (Å²) in [5.41, 5.74) is 0. The van der Waals surface area contributed by atoms with Crippen molar-refractivity contribution in [3.8, 4) is 0 Å². The van der Waals surface area contributed by atoms with Crippen molar-refractivity contribution in [2.75, 3.05) is 0 Å². The molecule has 0 radical (unpaired) electrons. The van der Waals surface area contributed by atoms with Crippen molar-refractivity contribution in [2.24, 2.45) is 0 Å². The molecule has 0 atom stereocenters. The monoisotopic (exact) mass is 234 g/mol. The molecule has 2 nitrogen and oxygen atoms in total. The largest absolute Gasteiger partial charge is 0.358 e. The first kappa shape index (κ1) is 8.44. The topological polar surface area (TPSA) is 17.2 Å². The van der Waals surface area contributed by atoms with Crippen LogP contribution in [0.3, 0.4) is 0 Å². The number of aromatic nitrogens is 1. The van der Waals surface area contributed by atoms with E-state index in [4.69, 9.17) is 18.2 Å². The van der Waals surface area contributed by atoms with Gasteiger partial charge in [-0.25, -0.2) is 4.39 Å². The Morgan fingerprint density at radius 2 is 2.36 bits per heavy atom. The first-order valence-electron chi connectivity index (χ1n) is 2.54. The van der Waals surface area contributed by atoms with Crippen molar-refractivity contribution in [1.29, 1.82) is 0 Å². The molecule has 1 aromatic heterocycles. The van der Waals surface area contributed by atoms with Crippen molar-refractivity contribution in [2.45, 2.75) is 0 Å². The van der Waals surface area contributed by atoms with Crippen molar-refractivity contribution < 1.29 is 4.39 Å². The van der Waals surface area contributed by atoms with Gasteiger partial charge >= 0.3 is 5.82 Å². The second-order valence-corrected chi connectivity index (χ2v) is 2.89. The maximum atomic E-state index is 12.7. The van der Waals surface area contributed by atoms with Gasteiger partial charge in [0.1, 0.15) is 0 Å². The van der Waals surface area contributed by atoms with Crippen molar-refractivity contribution >= 4 is 33.3 Å². The van der Waals surface area contributed by atoms with Gasteiger partial charge in [-0.2, -0.15) is 0 Å². The van der Waals surface area contributed by atoms with Crippen LogP contribution in [0.5, 0.6) is 0 Å². The highest BCUT2D eigenvalue weighted by molar-refractivity contribution is 9.10. The Bertz CT molecular complexity index is 334. The average Bonchev–Trinajstić information content (AvgIpc) is 1.97. The van der Waals surface area contributed by atoms with Gasteiger partial charge in [-0.05, 0) is 33.6 Å². The average molecular weight is 235 g/mol. The van der Waals surface area contributed by atoms with Crippen LogP contribution in [0.1, 0.15) is 0 Å². The summed E-state index contributed by atoms with van der Waals surface area (Å²) < 4.78 is 13.0. The van der Waals surface area contributed by atoms with Gasteiger partial charge in [-0.3, -0.25) is 0 Å². The third kappa shape index (κ3) is 1.67. The van der Waals surface area contributed by atoms with E-state index in [-0.39, 0.29) is 11.0 Å². The molecule has 0 saturated heterocycles. The van der Waals surface area contributed by atoms with Gasteiger partial charge in [0.2, 0.25) is 5.15 Å². The summed E-state index contributed by atoms with van der Waals surface area (Å²) in [6.45, 7) is 6.50. The van der Waals surface area contributed by atoms with E-state index in [0.717, 1.165) is 6.07 Å². The van der Waals surface area contributed by atoms with E-state index in [1.165, 1.54) is 0 Å². The van der Waals surface area contributed by atoms with Gasteiger partial charge in [-0.1, -0.05) is 6.57 Å². The molecule has 0 N–H and O–H groups in total. The van der Waals surface area contributed by atoms with Crippen LogP contribution in [-0.4, -0.2) is 4.98 Å². The van der Waals surface area contributed by atoms with Crippen LogP contribution in [0, 0.1) is 12.4 Å². The Labute approximate surface area is 76.0 Å². The molecule has 56 valence electrons. The molecule has 1 heterocycles. The Hall–Kier alpha value is -0.660. The lowest BCUT2D eigenvalue weighted by molar-refractivity contribution is 0.627. The van der Waals surface area contributed by atoms with Crippen LogP contribution in [0.25, 0.3) is 4.85 Å². The zero-order valence-corrected chi connectivity index (χ0v) is 7.45. The summed E-state index contributed by atoms with van der Waals surface area (Å²) in [5.74, 6) is -0.977. The SMILES string of the molecule is [C-]#[N+]c1nc(Cl)c(Br)cc1F. The van der Waals surface area contributed by atoms with E-state index in [2.05, 4.69) is 25.8 Å². The number of rotatable bonds is 0. The summed E-state index contributed by atoms with van der Waals surface area (Å²) in [5, 5.41) is 0.0948. The minimum Gasteiger partial charge on any atom is -0.358 e. The predicted octanol–water partition coefficient (Wildman–Crippen LogP) is 3.19. The van der Waals surface area contributed by atoms with Crippen LogP contribution in [0.15, 0.2) is 10.5 Å². The van der Waals surface area contributed by atoms with Crippen LogP contribution in [-0.2, 0) is 0 Å². The molecular formula is C6HBrClFN2. The van der Waals surface area contributed by atoms with Crippen molar-refractivity contribution in [3.63, 3.8) is 0 Å². The number of hydrogen-bond donors (Lipinski definition) is 0. The molecular weight excluding hydrogens is 234 g/mol. The zero-order valence-electron chi connectivity index (χ0n) is 5.11. The minimum atomic E-state index is -0.670. The first-order valence-corrected chi connectivity index (χ1v) is 3.71. The van der Waals surface area contributed by atoms with Crippen molar-refractivity contribution in [1.82, 2.24) is 4.98 Å². The molecule has 5 heteroatoms. The second-order valence-electron chi connectivity index (χ2n) is 1.68. The molecule has 0 unspecified atom stereocenters. The molecule has 1 rings (SSSR count). The van der Waals surface area contributed by atoms with E-state index >= 15 is 0 Å². The lowest BCUT2D eigenvalue weighted by Crippen LogP contribution is -1.81. The minimum absolute atomic E-state index is 0.0948. The zero-order chi connectivity index (χ0) is 8.43. The maximum Gasteiger partial charge on any atom is 0.307 e. The number of hydrogen-bond acceptors (Lipinski definition) is 1. The smallest absolute Gasteiger partial charge is 0.307 e. The lowest BCUT2D eigenvalue weighted by atomic mass is 10.4. The van der Waals surface area contributed by atoms with E-state index in [1.807, 2.05) is 0 Å². The van der Waals surface area contributed by atoms with Gasteiger partial charge in [-0.15, -0.1) is 4.98 Å². The van der Waals surface area contributed by atoms with Crippen LogP contribution in [0.2, 0.25) is 5.15 Å². The van der Waals surface area contributed by atoms with Gasteiger partial charge < -0.3 is 4.85 Å². The van der Waals surface area contributed by atoms with Crippen LogP contribution < -0.4 is 0 Å².